The van der Waals surface area contributed by atoms with Gasteiger partial charge in [0.25, 0.3) is 0 Å². The lowest BCUT2D eigenvalue weighted by Crippen LogP contribution is -2.04. The van der Waals surface area contributed by atoms with Crippen LogP contribution < -0.4 is 0 Å². The van der Waals surface area contributed by atoms with E-state index in [1.165, 1.54) is 0 Å². The summed E-state index contributed by atoms with van der Waals surface area (Å²) < 4.78 is 37.7. The number of hydrogen-bond acceptors (Lipinski definition) is 1. The molecule has 0 bridgehead atoms. The lowest BCUT2D eigenvalue weighted by molar-refractivity contribution is -0.137. The molecular formula is C11H12BrF3N2. The molecule has 0 aliphatic rings. The van der Waals surface area contributed by atoms with Crippen molar-refractivity contribution in [1.82, 2.24) is 9.97 Å². The van der Waals surface area contributed by atoms with Crippen molar-refractivity contribution in [2.75, 3.05) is 0 Å². The van der Waals surface area contributed by atoms with Crippen LogP contribution in [0.25, 0.3) is 11.0 Å². The number of aryl methyl sites for hydroxylation is 1. The molecule has 0 fully saturated rings. The van der Waals surface area contributed by atoms with Gasteiger partial charge in [0, 0.05) is 4.47 Å². The minimum atomic E-state index is -4.34. The number of aromatic amines is 1. The van der Waals surface area contributed by atoms with Gasteiger partial charge in [-0.1, -0.05) is 13.8 Å². The van der Waals surface area contributed by atoms with Gasteiger partial charge in [0.05, 0.1) is 11.1 Å². The van der Waals surface area contributed by atoms with Crippen molar-refractivity contribution in [3.8, 4) is 0 Å². The summed E-state index contributed by atoms with van der Waals surface area (Å²) in [5, 5.41) is 0. The van der Waals surface area contributed by atoms with E-state index in [-0.39, 0.29) is 0 Å². The van der Waals surface area contributed by atoms with Crippen LogP contribution in [0.5, 0.6) is 0 Å². The quantitative estimate of drug-likeness (QED) is 0.752. The molecule has 1 aromatic carbocycles. The predicted octanol–water partition coefficient (Wildman–Crippen LogP) is 4.68. The van der Waals surface area contributed by atoms with Crippen LogP contribution in [0.2, 0.25) is 0 Å². The van der Waals surface area contributed by atoms with Crippen LogP contribution in [-0.4, -0.2) is 9.97 Å². The van der Waals surface area contributed by atoms with Gasteiger partial charge in [-0.3, -0.25) is 0 Å². The van der Waals surface area contributed by atoms with E-state index in [0.29, 0.717) is 21.3 Å². The Bertz CT molecular complexity index is 517. The first-order chi connectivity index (χ1) is 7.88. The molecule has 2 rings (SSSR count). The first-order valence-electron chi connectivity index (χ1n) is 5.11. The minimum absolute atomic E-state index is 0.344. The molecule has 1 heterocycles. The number of halogens is 4. The van der Waals surface area contributed by atoms with Crippen molar-refractivity contribution < 1.29 is 13.2 Å². The van der Waals surface area contributed by atoms with E-state index in [0.717, 1.165) is 12.1 Å². The van der Waals surface area contributed by atoms with Gasteiger partial charge in [-0.05, 0) is 35.0 Å². The van der Waals surface area contributed by atoms with Gasteiger partial charge in [0.2, 0.25) is 0 Å². The van der Waals surface area contributed by atoms with Crippen LogP contribution in [-0.2, 0) is 6.18 Å². The van der Waals surface area contributed by atoms with E-state index in [4.69, 9.17) is 0 Å². The topological polar surface area (TPSA) is 28.7 Å². The number of nitrogens with zero attached hydrogens (tertiary/aromatic N) is 1. The highest BCUT2D eigenvalue weighted by molar-refractivity contribution is 9.10. The molecule has 0 saturated carbocycles. The van der Waals surface area contributed by atoms with Gasteiger partial charge in [0.1, 0.15) is 11.3 Å². The summed E-state index contributed by atoms with van der Waals surface area (Å²) in [7, 11) is 0. The Hall–Kier alpha value is -1.04. The normalized spacial score (nSPS) is 11.2. The SMILES string of the molecule is CC.Cc1nc2c(Br)cc(C(F)(F)F)cc2[nH]1. The number of hydrogen-bond donors (Lipinski definition) is 1. The molecule has 1 aromatic heterocycles. The van der Waals surface area contributed by atoms with Crippen molar-refractivity contribution in [3.05, 3.63) is 28.0 Å². The fourth-order valence-corrected chi connectivity index (χ4v) is 1.91. The number of fused-ring (bicyclic) bond motifs is 1. The molecule has 0 aliphatic heterocycles. The third-order valence-electron chi connectivity index (χ3n) is 1.99. The highest BCUT2D eigenvalue weighted by atomic mass is 79.9. The molecular weight excluding hydrogens is 297 g/mol. The summed E-state index contributed by atoms with van der Waals surface area (Å²) in [4.78, 5) is 6.84. The van der Waals surface area contributed by atoms with Crippen molar-refractivity contribution in [2.24, 2.45) is 0 Å². The number of imidazole rings is 1. The van der Waals surface area contributed by atoms with E-state index in [2.05, 4.69) is 25.9 Å². The standard InChI is InChI=1S/C9H6BrF3N2.C2H6/c1-4-14-7-3-5(9(11,12)13)2-6(10)8(7)15-4;1-2/h2-3H,1H3,(H,14,15);1-2H3. The summed E-state index contributed by atoms with van der Waals surface area (Å²) >= 11 is 3.07. The molecule has 0 spiro atoms. The average Bonchev–Trinajstić information content (AvgIpc) is 2.61. The van der Waals surface area contributed by atoms with Gasteiger partial charge in [-0.25, -0.2) is 4.98 Å². The number of rotatable bonds is 0. The maximum atomic E-state index is 12.4. The zero-order valence-corrected chi connectivity index (χ0v) is 11.2. The Morgan fingerprint density at radius 3 is 2.35 bits per heavy atom. The Labute approximate surface area is 105 Å². The molecule has 0 saturated heterocycles. The second kappa shape index (κ2) is 5.08. The predicted molar refractivity (Wildman–Crippen MR) is 64.9 cm³/mol. The molecule has 0 aliphatic carbocycles. The highest BCUT2D eigenvalue weighted by Crippen LogP contribution is 2.34. The van der Waals surface area contributed by atoms with Gasteiger partial charge < -0.3 is 4.98 Å². The number of benzene rings is 1. The maximum Gasteiger partial charge on any atom is 0.416 e. The molecule has 0 radical (unpaired) electrons. The summed E-state index contributed by atoms with van der Waals surface area (Å²) in [6, 6.07) is 2.09. The Morgan fingerprint density at radius 1 is 1.24 bits per heavy atom. The minimum Gasteiger partial charge on any atom is -0.342 e. The second-order valence-corrected chi connectivity index (χ2v) is 4.03. The molecule has 2 aromatic rings. The van der Waals surface area contributed by atoms with Crippen molar-refractivity contribution in [1.29, 1.82) is 0 Å². The molecule has 2 nitrogen and oxygen atoms in total. The van der Waals surface area contributed by atoms with Gasteiger partial charge in [-0.2, -0.15) is 13.2 Å². The van der Waals surface area contributed by atoms with Crippen molar-refractivity contribution in [2.45, 2.75) is 26.9 Å². The maximum absolute atomic E-state index is 12.4. The highest BCUT2D eigenvalue weighted by Gasteiger charge is 2.31. The van der Waals surface area contributed by atoms with Gasteiger partial charge in [-0.15, -0.1) is 0 Å². The fraction of sp³-hybridized carbons (Fsp3) is 0.364. The van der Waals surface area contributed by atoms with E-state index in [9.17, 15) is 13.2 Å². The lowest BCUT2D eigenvalue weighted by atomic mass is 10.2. The van der Waals surface area contributed by atoms with Crippen LogP contribution in [0, 0.1) is 6.92 Å². The molecule has 6 heteroatoms. The number of alkyl halides is 3. The first-order valence-corrected chi connectivity index (χ1v) is 5.90. The van der Waals surface area contributed by atoms with Crippen molar-refractivity contribution in [3.63, 3.8) is 0 Å². The third-order valence-corrected chi connectivity index (χ3v) is 2.59. The third kappa shape index (κ3) is 3.00. The summed E-state index contributed by atoms with van der Waals surface area (Å²) in [6.45, 7) is 5.69. The van der Waals surface area contributed by atoms with Crippen LogP contribution >= 0.6 is 15.9 Å². The molecule has 0 atom stereocenters. The lowest BCUT2D eigenvalue weighted by Gasteiger charge is -2.06. The van der Waals surface area contributed by atoms with Gasteiger partial charge >= 0.3 is 6.18 Å². The fourth-order valence-electron chi connectivity index (χ4n) is 1.36. The summed E-state index contributed by atoms with van der Waals surface area (Å²) in [5.41, 5.74) is 0.209. The average molecular weight is 309 g/mol. The van der Waals surface area contributed by atoms with Crippen LogP contribution in [0.15, 0.2) is 16.6 Å². The van der Waals surface area contributed by atoms with E-state index in [1.807, 2.05) is 13.8 Å². The Balaban J connectivity index is 0.000000686. The largest absolute Gasteiger partial charge is 0.416 e. The summed E-state index contributed by atoms with van der Waals surface area (Å²) in [5.74, 6) is 0.588. The first kappa shape index (κ1) is 14.0. The number of H-pyrrole nitrogens is 1. The summed E-state index contributed by atoms with van der Waals surface area (Å²) in [6.07, 6.45) is -4.34. The molecule has 94 valence electrons. The van der Waals surface area contributed by atoms with E-state index >= 15 is 0 Å². The zero-order chi connectivity index (χ0) is 13.2. The second-order valence-electron chi connectivity index (χ2n) is 3.17. The molecule has 17 heavy (non-hydrogen) atoms. The van der Waals surface area contributed by atoms with E-state index < -0.39 is 11.7 Å². The molecule has 0 unspecified atom stereocenters. The Kier molecular flexibility index (Phi) is 4.19. The monoisotopic (exact) mass is 308 g/mol. The van der Waals surface area contributed by atoms with Crippen molar-refractivity contribution >= 4 is 27.0 Å². The van der Waals surface area contributed by atoms with Gasteiger partial charge in [0.15, 0.2) is 0 Å². The Morgan fingerprint density at radius 2 is 1.82 bits per heavy atom. The van der Waals surface area contributed by atoms with E-state index in [1.54, 1.807) is 6.92 Å². The number of nitrogens with one attached hydrogen (secondary N) is 1. The zero-order valence-electron chi connectivity index (χ0n) is 9.61. The molecule has 1 N–H and O–H groups in total. The van der Waals surface area contributed by atoms with Crippen LogP contribution in [0.3, 0.4) is 0 Å². The van der Waals surface area contributed by atoms with Crippen LogP contribution in [0.1, 0.15) is 25.2 Å². The number of aromatic nitrogens is 2. The van der Waals surface area contributed by atoms with Crippen LogP contribution in [0.4, 0.5) is 13.2 Å². The molecule has 0 amide bonds. The smallest absolute Gasteiger partial charge is 0.342 e.